The molecule has 204 valence electrons. The highest BCUT2D eigenvalue weighted by Gasteiger charge is 2.64. The zero-order chi connectivity index (χ0) is 27.8. The summed E-state index contributed by atoms with van der Waals surface area (Å²) in [6.07, 6.45) is -1.01. The molecule has 1 aromatic carbocycles. The number of nitrogens with zero attached hydrogens (tertiary/aromatic N) is 1. The molecular formula is C21H21Cl6N3O6S. The molecule has 0 aromatic heterocycles. The Bertz CT molecular complexity index is 1050. The van der Waals surface area contributed by atoms with Crippen LogP contribution in [0.5, 0.6) is 0 Å². The van der Waals surface area contributed by atoms with Crippen LogP contribution >= 0.6 is 81.4 Å². The van der Waals surface area contributed by atoms with E-state index in [1.807, 2.05) is 0 Å². The number of ether oxygens (including phenoxy) is 2. The molecule has 1 aromatic rings. The minimum Gasteiger partial charge on any atom is -0.460 e. The molecule has 4 atom stereocenters. The van der Waals surface area contributed by atoms with Gasteiger partial charge >= 0.3 is 12.1 Å². The third kappa shape index (κ3) is 7.77. The zero-order valence-electron chi connectivity index (χ0n) is 19.2. The second-order valence-electron chi connectivity index (χ2n) is 8.65. The third-order valence-corrected chi connectivity index (χ3v) is 7.59. The molecule has 37 heavy (non-hydrogen) atoms. The Balaban J connectivity index is 1.71. The van der Waals surface area contributed by atoms with E-state index in [0.29, 0.717) is 5.56 Å². The van der Waals surface area contributed by atoms with Gasteiger partial charge in [0.05, 0.1) is 0 Å². The van der Waals surface area contributed by atoms with Crippen molar-refractivity contribution in [3.8, 4) is 0 Å². The lowest BCUT2D eigenvalue weighted by Gasteiger charge is -2.44. The molecule has 0 spiro atoms. The average Bonchev–Trinajstić information content (AvgIpc) is 3.05. The van der Waals surface area contributed by atoms with E-state index < -0.39 is 72.9 Å². The number of β-lactam (4-membered cyclic amide) rings is 1. The fourth-order valence-corrected chi connectivity index (χ4v) is 5.80. The summed E-state index contributed by atoms with van der Waals surface area (Å²) in [5.74, 6) is -1.92. The van der Waals surface area contributed by atoms with E-state index in [1.54, 1.807) is 44.2 Å². The number of halogens is 6. The Hall–Kier alpha value is -1.01. The number of alkyl carbamates (subject to hydrolysis) is 1. The van der Waals surface area contributed by atoms with Gasteiger partial charge in [0.25, 0.3) is 0 Å². The summed E-state index contributed by atoms with van der Waals surface area (Å²) in [6, 6.07) is 5.13. The molecule has 3 unspecified atom stereocenters. The summed E-state index contributed by atoms with van der Waals surface area (Å²) in [6.45, 7) is 2.49. The van der Waals surface area contributed by atoms with Crippen molar-refractivity contribution in [2.24, 2.45) is 0 Å². The zero-order valence-corrected chi connectivity index (χ0v) is 24.5. The van der Waals surface area contributed by atoms with Crippen LogP contribution in [0.3, 0.4) is 0 Å². The maximum atomic E-state index is 13.2. The fourth-order valence-electron chi connectivity index (χ4n) is 3.85. The van der Waals surface area contributed by atoms with Gasteiger partial charge < -0.3 is 25.0 Å². The van der Waals surface area contributed by atoms with Crippen molar-refractivity contribution in [3.05, 3.63) is 35.9 Å². The second-order valence-corrected chi connectivity index (χ2v) is 15.5. The Morgan fingerprint density at radius 2 is 1.59 bits per heavy atom. The Labute approximate surface area is 247 Å². The van der Waals surface area contributed by atoms with E-state index in [2.05, 4.69) is 10.6 Å². The number of carbonyl (C=O) groups excluding carboxylic acids is 4. The maximum Gasteiger partial charge on any atom is 0.408 e. The Kier molecular flexibility index (Phi) is 9.59. The SMILES string of the molecule is CC1(C)S[C@@H]2C(NC(=O)C(NC(=O)OCC(Cl)(Cl)Cl)c3ccccc3)C(=O)N2C1C(=O)OCC(Cl)(Cl)Cl. The summed E-state index contributed by atoms with van der Waals surface area (Å²) in [4.78, 5) is 52.6. The molecule has 0 aliphatic carbocycles. The summed E-state index contributed by atoms with van der Waals surface area (Å²) >= 11 is 35.1. The summed E-state index contributed by atoms with van der Waals surface area (Å²) < 4.78 is 5.58. The summed E-state index contributed by atoms with van der Waals surface area (Å²) in [7, 11) is 0. The van der Waals surface area contributed by atoms with Crippen molar-refractivity contribution in [3.63, 3.8) is 0 Å². The van der Waals surface area contributed by atoms with Crippen LogP contribution in [0.25, 0.3) is 0 Å². The van der Waals surface area contributed by atoms with Crippen molar-refractivity contribution < 1.29 is 28.7 Å². The van der Waals surface area contributed by atoms with Crippen molar-refractivity contribution in [1.82, 2.24) is 15.5 Å². The van der Waals surface area contributed by atoms with Gasteiger partial charge in [-0.25, -0.2) is 9.59 Å². The molecule has 0 radical (unpaired) electrons. The van der Waals surface area contributed by atoms with Crippen molar-refractivity contribution in [2.75, 3.05) is 13.2 Å². The highest BCUT2D eigenvalue weighted by atomic mass is 35.6. The van der Waals surface area contributed by atoms with Gasteiger partial charge in [0, 0.05) is 4.75 Å². The van der Waals surface area contributed by atoms with E-state index >= 15 is 0 Å². The number of nitrogens with one attached hydrogen (secondary N) is 2. The Morgan fingerprint density at radius 1 is 1.03 bits per heavy atom. The van der Waals surface area contributed by atoms with Crippen LogP contribution in [0.1, 0.15) is 25.5 Å². The predicted octanol–water partition coefficient (Wildman–Crippen LogP) is 4.28. The van der Waals surface area contributed by atoms with Gasteiger partial charge in [-0.05, 0) is 19.4 Å². The minimum absolute atomic E-state index is 0.419. The van der Waals surface area contributed by atoms with Crippen LogP contribution in [0.4, 0.5) is 4.79 Å². The number of fused-ring (bicyclic) bond motifs is 1. The monoisotopic (exact) mass is 653 g/mol. The van der Waals surface area contributed by atoms with E-state index in [4.69, 9.17) is 79.1 Å². The predicted molar refractivity (Wildman–Crippen MR) is 143 cm³/mol. The van der Waals surface area contributed by atoms with Gasteiger partial charge in [-0.3, -0.25) is 9.59 Å². The number of alkyl halides is 6. The molecule has 16 heteroatoms. The fraction of sp³-hybridized carbons (Fsp3) is 0.524. The van der Waals surface area contributed by atoms with Gasteiger partial charge in [0.15, 0.2) is 0 Å². The molecule has 3 rings (SSSR count). The highest BCUT2D eigenvalue weighted by Crippen LogP contribution is 2.51. The van der Waals surface area contributed by atoms with Gasteiger partial charge in [-0.2, -0.15) is 0 Å². The normalized spacial score (nSPS) is 23.4. The molecule has 3 amide bonds. The van der Waals surface area contributed by atoms with E-state index in [0.717, 1.165) is 0 Å². The molecule has 2 aliphatic heterocycles. The van der Waals surface area contributed by atoms with E-state index in [-0.39, 0.29) is 0 Å². The lowest BCUT2D eigenvalue weighted by atomic mass is 9.95. The first-order chi connectivity index (χ1) is 17.0. The first-order valence-electron chi connectivity index (χ1n) is 10.6. The first kappa shape index (κ1) is 30.5. The quantitative estimate of drug-likeness (QED) is 0.256. The number of hydrogen-bond donors (Lipinski definition) is 2. The van der Waals surface area contributed by atoms with Crippen LogP contribution in [-0.2, 0) is 23.9 Å². The number of rotatable bonds is 7. The van der Waals surface area contributed by atoms with Crippen molar-refractivity contribution in [2.45, 2.75) is 49.7 Å². The largest absolute Gasteiger partial charge is 0.460 e. The molecular weight excluding hydrogens is 635 g/mol. The van der Waals surface area contributed by atoms with Gasteiger partial charge in [0.1, 0.15) is 36.7 Å². The molecule has 9 nitrogen and oxygen atoms in total. The van der Waals surface area contributed by atoms with Crippen LogP contribution in [-0.4, -0.2) is 71.8 Å². The minimum atomic E-state index is -1.84. The topological polar surface area (TPSA) is 114 Å². The second kappa shape index (κ2) is 11.6. The molecule has 0 saturated carbocycles. The van der Waals surface area contributed by atoms with Crippen LogP contribution in [0.2, 0.25) is 0 Å². The first-order valence-corrected chi connectivity index (χ1v) is 13.7. The van der Waals surface area contributed by atoms with E-state index in [9.17, 15) is 19.2 Å². The van der Waals surface area contributed by atoms with Crippen LogP contribution in [0.15, 0.2) is 30.3 Å². The molecule has 0 bridgehead atoms. The van der Waals surface area contributed by atoms with Gasteiger partial charge in [-0.1, -0.05) is 99.9 Å². The number of carbonyl (C=O) groups is 4. The average molecular weight is 656 g/mol. The molecule has 2 fully saturated rings. The number of esters is 1. The smallest absolute Gasteiger partial charge is 0.408 e. The molecule has 2 heterocycles. The summed E-state index contributed by atoms with van der Waals surface area (Å²) in [5.41, 5.74) is 0.419. The molecule has 2 N–H and O–H groups in total. The third-order valence-electron chi connectivity index (χ3n) is 5.36. The number of benzene rings is 1. The molecule has 2 aliphatic rings. The van der Waals surface area contributed by atoms with Gasteiger partial charge in [-0.15, -0.1) is 11.8 Å². The van der Waals surface area contributed by atoms with Crippen molar-refractivity contribution in [1.29, 1.82) is 0 Å². The standard InChI is InChI=1S/C21H21Cl6N3O6S/c1-19(2)13(17(33)35-8-20(22,23)24)30-15(32)12(16(30)37-19)28-14(31)11(10-6-4-3-5-7-10)29-18(34)36-9-21(25,26)27/h3-7,11-13,16H,8-9H2,1-2H3,(H,28,31)(H,29,34)/t11?,12?,13?,16-/m1/s1. The highest BCUT2D eigenvalue weighted by molar-refractivity contribution is 8.01. The number of thioether (sulfide) groups is 1. The lowest BCUT2D eigenvalue weighted by Crippen LogP contribution is -2.71. The Morgan fingerprint density at radius 3 is 2.16 bits per heavy atom. The van der Waals surface area contributed by atoms with Crippen LogP contribution in [0, 0.1) is 0 Å². The maximum absolute atomic E-state index is 13.2. The summed E-state index contributed by atoms with van der Waals surface area (Å²) in [5, 5.41) is 4.50. The lowest BCUT2D eigenvalue weighted by molar-refractivity contribution is -0.164. The molecule has 2 saturated heterocycles. The number of amides is 3. The van der Waals surface area contributed by atoms with E-state index in [1.165, 1.54) is 16.7 Å². The van der Waals surface area contributed by atoms with Gasteiger partial charge in [0.2, 0.25) is 19.4 Å². The number of hydrogen-bond acceptors (Lipinski definition) is 7. The van der Waals surface area contributed by atoms with Crippen LogP contribution < -0.4 is 10.6 Å². The van der Waals surface area contributed by atoms with Crippen molar-refractivity contribution >= 4 is 105 Å².